The average Bonchev–Trinajstić information content (AvgIpc) is 2.72. The van der Waals surface area contributed by atoms with E-state index in [9.17, 15) is 0 Å². The summed E-state index contributed by atoms with van der Waals surface area (Å²) in [5.41, 5.74) is 0. The zero-order valence-electron chi connectivity index (χ0n) is 9.73. The van der Waals surface area contributed by atoms with E-state index in [1.54, 1.807) is 11.8 Å². The van der Waals surface area contributed by atoms with Crippen molar-refractivity contribution in [2.45, 2.75) is 24.8 Å². The number of fused-ring (bicyclic) bond motifs is 2. The number of thioether (sulfide) groups is 1. The Labute approximate surface area is 104 Å². The summed E-state index contributed by atoms with van der Waals surface area (Å²) in [5, 5.41) is 1.01. The topological polar surface area (TPSA) is 40.0 Å². The molecule has 90 valence electrons. The Morgan fingerprint density at radius 1 is 1.12 bits per heavy atom. The summed E-state index contributed by atoms with van der Waals surface area (Å²) in [7, 11) is 0. The quantitative estimate of drug-likeness (QED) is 0.769. The van der Waals surface area contributed by atoms with Gasteiger partial charge in [0.1, 0.15) is 17.4 Å². The van der Waals surface area contributed by atoms with Gasteiger partial charge in [-0.2, -0.15) is 0 Å². The van der Waals surface area contributed by atoms with E-state index in [4.69, 9.17) is 14.2 Å². The van der Waals surface area contributed by atoms with Crippen molar-refractivity contribution in [2.75, 3.05) is 13.4 Å². The van der Waals surface area contributed by atoms with Gasteiger partial charge in [0.05, 0.1) is 4.90 Å². The van der Waals surface area contributed by atoms with Gasteiger partial charge in [0.25, 0.3) is 0 Å². The van der Waals surface area contributed by atoms with Gasteiger partial charge in [-0.3, -0.25) is 4.99 Å². The van der Waals surface area contributed by atoms with Crippen molar-refractivity contribution in [3.8, 4) is 17.2 Å². The number of benzene rings is 1. The van der Waals surface area contributed by atoms with Gasteiger partial charge in [0, 0.05) is 18.2 Å². The molecule has 0 amide bonds. The maximum Gasteiger partial charge on any atom is 0.231 e. The fourth-order valence-corrected chi connectivity index (χ4v) is 2.76. The van der Waals surface area contributed by atoms with Crippen LogP contribution in [0.2, 0.25) is 0 Å². The van der Waals surface area contributed by atoms with Gasteiger partial charge in [0.2, 0.25) is 6.79 Å². The summed E-state index contributed by atoms with van der Waals surface area (Å²) in [5.74, 6) is 2.39. The number of rotatable bonds is 1. The highest BCUT2D eigenvalue weighted by atomic mass is 32.2. The summed E-state index contributed by atoms with van der Waals surface area (Å²) in [6.07, 6.45) is 0. The van der Waals surface area contributed by atoms with Crippen molar-refractivity contribution in [3.63, 3.8) is 0 Å². The highest BCUT2D eigenvalue weighted by molar-refractivity contribution is 8.14. The molecule has 0 radical (unpaired) electrons. The SMILES string of the molecule is CC(C)N=C1COc2cc3c(cc2S1)OCO3. The molecule has 0 aliphatic carbocycles. The Morgan fingerprint density at radius 2 is 1.88 bits per heavy atom. The normalized spacial score (nSPS) is 19.4. The molecule has 0 aromatic heterocycles. The van der Waals surface area contributed by atoms with E-state index in [0.29, 0.717) is 6.61 Å². The Hall–Kier alpha value is -1.36. The summed E-state index contributed by atoms with van der Waals surface area (Å²) >= 11 is 1.64. The molecule has 2 aliphatic heterocycles. The summed E-state index contributed by atoms with van der Waals surface area (Å²) in [6, 6.07) is 4.13. The lowest BCUT2D eigenvalue weighted by Gasteiger charge is -2.19. The smallest absolute Gasteiger partial charge is 0.231 e. The second kappa shape index (κ2) is 4.14. The molecule has 0 unspecified atom stereocenters. The minimum Gasteiger partial charge on any atom is -0.485 e. The number of hydrogen-bond acceptors (Lipinski definition) is 5. The average molecular weight is 251 g/mol. The fourth-order valence-electron chi connectivity index (χ4n) is 1.74. The van der Waals surface area contributed by atoms with E-state index in [0.717, 1.165) is 27.2 Å². The maximum atomic E-state index is 5.68. The van der Waals surface area contributed by atoms with Crippen molar-refractivity contribution in [1.29, 1.82) is 0 Å². The molecule has 3 rings (SSSR count). The molecule has 0 bridgehead atoms. The molecule has 0 spiro atoms. The first-order valence-electron chi connectivity index (χ1n) is 5.53. The van der Waals surface area contributed by atoms with Crippen molar-refractivity contribution < 1.29 is 14.2 Å². The Balaban J connectivity index is 1.92. The Morgan fingerprint density at radius 3 is 2.65 bits per heavy atom. The second-order valence-electron chi connectivity index (χ2n) is 4.16. The van der Waals surface area contributed by atoms with E-state index in [2.05, 4.69) is 18.8 Å². The van der Waals surface area contributed by atoms with Crippen molar-refractivity contribution in [1.82, 2.24) is 0 Å². The van der Waals surface area contributed by atoms with Gasteiger partial charge in [-0.15, -0.1) is 0 Å². The predicted molar refractivity (Wildman–Crippen MR) is 66.5 cm³/mol. The van der Waals surface area contributed by atoms with Gasteiger partial charge in [-0.25, -0.2) is 0 Å². The molecule has 0 saturated carbocycles. The summed E-state index contributed by atoms with van der Waals surface area (Å²) in [4.78, 5) is 5.55. The Bertz CT molecular complexity index is 485. The number of nitrogens with zero attached hydrogens (tertiary/aromatic N) is 1. The zero-order valence-corrected chi connectivity index (χ0v) is 10.5. The van der Waals surface area contributed by atoms with Crippen LogP contribution in [0.3, 0.4) is 0 Å². The van der Waals surface area contributed by atoms with E-state index in [1.165, 1.54) is 0 Å². The van der Waals surface area contributed by atoms with Crippen LogP contribution in [0.15, 0.2) is 22.0 Å². The van der Waals surface area contributed by atoms with Gasteiger partial charge >= 0.3 is 0 Å². The minimum absolute atomic E-state index is 0.288. The molecule has 5 heteroatoms. The number of ether oxygens (including phenoxy) is 3. The van der Waals surface area contributed by atoms with Crippen LogP contribution in [0.1, 0.15) is 13.8 Å². The maximum absolute atomic E-state index is 5.68. The van der Waals surface area contributed by atoms with Crippen LogP contribution in [0.4, 0.5) is 0 Å². The first-order valence-corrected chi connectivity index (χ1v) is 6.35. The van der Waals surface area contributed by atoms with Crippen molar-refractivity contribution >= 4 is 16.8 Å². The number of aliphatic imine (C=N–C) groups is 1. The molecule has 1 aromatic rings. The molecular weight excluding hydrogens is 238 g/mol. The molecule has 4 nitrogen and oxygen atoms in total. The third-order valence-electron chi connectivity index (χ3n) is 2.42. The fraction of sp³-hybridized carbons (Fsp3) is 0.417. The lowest BCUT2D eigenvalue weighted by Crippen LogP contribution is -2.15. The van der Waals surface area contributed by atoms with Crippen molar-refractivity contribution in [3.05, 3.63) is 12.1 Å². The molecule has 0 saturated heterocycles. The van der Waals surface area contributed by atoms with E-state index >= 15 is 0 Å². The van der Waals surface area contributed by atoms with Crippen molar-refractivity contribution in [2.24, 2.45) is 4.99 Å². The monoisotopic (exact) mass is 251 g/mol. The van der Waals surface area contributed by atoms with Crippen LogP contribution < -0.4 is 14.2 Å². The number of hydrogen-bond donors (Lipinski definition) is 0. The van der Waals surface area contributed by atoms with Crippen LogP contribution in [0.5, 0.6) is 17.2 Å². The van der Waals surface area contributed by atoms with Gasteiger partial charge in [-0.05, 0) is 13.8 Å². The molecule has 1 aromatic carbocycles. The highest BCUT2D eigenvalue weighted by Gasteiger charge is 2.23. The van der Waals surface area contributed by atoms with Crippen LogP contribution >= 0.6 is 11.8 Å². The first-order chi connectivity index (χ1) is 8.22. The van der Waals surface area contributed by atoms with Crippen LogP contribution in [0, 0.1) is 0 Å². The molecule has 0 fully saturated rings. The molecule has 0 N–H and O–H groups in total. The molecular formula is C12H13NO3S. The lowest BCUT2D eigenvalue weighted by atomic mass is 10.3. The van der Waals surface area contributed by atoms with Crippen LogP contribution in [-0.2, 0) is 0 Å². The van der Waals surface area contributed by atoms with E-state index in [1.807, 2.05) is 12.1 Å². The van der Waals surface area contributed by atoms with Gasteiger partial charge < -0.3 is 14.2 Å². The van der Waals surface area contributed by atoms with Crippen LogP contribution in [0.25, 0.3) is 0 Å². The highest BCUT2D eigenvalue weighted by Crippen LogP contribution is 2.44. The zero-order chi connectivity index (χ0) is 11.8. The molecule has 17 heavy (non-hydrogen) atoms. The minimum atomic E-state index is 0.288. The standard InChI is InChI=1S/C12H13NO3S/c1-7(2)13-12-5-14-10-3-8-9(16-6-15-8)4-11(10)17-12/h3-4,7H,5-6H2,1-2H3. The molecule has 0 atom stereocenters. The second-order valence-corrected chi connectivity index (χ2v) is 5.27. The van der Waals surface area contributed by atoms with Gasteiger partial charge in [-0.1, -0.05) is 11.8 Å². The molecule has 2 aliphatic rings. The third-order valence-corrected chi connectivity index (χ3v) is 3.42. The molecule has 2 heterocycles. The Kier molecular flexibility index (Phi) is 2.63. The summed E-state index contributed by atoms with van der Waals surface area (Å²) < 4.78 is 16.3. The van der Waals surface area contributed by atoms with Gasteiger partial charge in [0.15, 0.2) is 11.5 Å². The predicted octanol–water partition coefficient (Wildman–Crippen LogP) is 2.71. The van der Waals surface area contributed by atoms with Crippen LogP contribution in [-0.4, -0.2) is 24.5 Å². The first kappa shape index (κ1) is 10.8. The third kappa shape index (κ3) is 2.07. The lowest BCUT2D eigenvalue weighted by molar-refractivity contribution is 0.173. The largest absolute Gasteiger partial charge is 0.485 e. The summed E-state index contributed by atoms with van der Waals surface area (Å²) in [6.45, 7) is 4.94. The van der Waals surface area contributed by atoms with E-state index in [-0.39, 0.29) is 12.8 Å². The van der Waals surface area contributed by atoms with E-state index < -0.39 is 0 Å².